The van der Waals surface area contributed by atoms with Crippen LogP contribution in [0.3, 0.4) is 0 Å². The van der Waals surface area contributed by atoms with Gasteiger partial charge in [0.05, 0.1) is 0 Å². The average Bonchev–Trinajstić information content (AvgIpc) is 0.811. The summed E-state index contributed by atoms with van der Waals surface area (Å²) >= 11 is 0. The van der Waals surface area contributed by atoms with Crippen molar-refractivity contribution in [3.05, 3.63) is 10.1 Å². The molecule has 0 amide bonds. The van der Waals surface area contributed by atoms with E-state index in [1.54, 1.807) is 0 Å². The second kappa shape index (κ2) is 3.94. The van der Waals surface area contributed by atoms with Gasteiger partial charge in [-0.05, 0) is 0 Å². The van der Waals surface area contributed by atoms with Gasteiger partial charge in [0, 0.05) is 22.4 Å². The third-order valence-electron chi connectivity index (χ3n) is 0. The molecule has 0 bridgehead atoms. The number of hydrogen-bond acceptors (Lipinski definition) is 2. The Hall–Kier alpha value is -0.0597. The number of hydrogen-bond donors (Lipinski definition) is 1. The van der Waals surface area contributed by atoms with Gasteiger partial charge < -0.3 is 5.21 Å². The zero-order valence-corrected chi connectivity index (χ0v) is 4.36. The van der Waals surface area contributed by atoms with E-state index in [1.165, 1.54) is 0 Å². The van der Waals surface area contributed by atoms with Gasteiger partial charge in [0.25, 0.3) is 5.09 Å². The molecule has 0 aromatic heterocycles. The molecular formula is HNNbO3. The van der Waals surface area contributed by atoms with Gasteiger partial charge >= 0.3 is 0 Å². The Balaban J connectivity index is 0. The fraction of sp³-hybridized carbons (Fsp3) is 0. The molecular weight excluding hydrogens is 155 g/mol. The maximum absolute atomic E-state index is 8.36. The van der Waals surface area contributed by atoms with E-state index in [2.05, 4.69) is 0 Å². The molecule has 0 aliphatic rings. The molecule has 0 aliphatic carbocycles. The first-order valence-electron chi connectivity index (χ1n) is 0.565. The van der Waals surface area contributed by atoms with Crippen LogP contribution in [0.5, 0.6) is 0 Å². The van der Waals surface area contributed by atoms with E-state index in [-0.39, 0.29) is 22.4 Å². The third-order valence-corrected chi connectivity index (χ3v) is 0. The summed E-state index contributed by atoms with van der Waals surface area (Å²) in [4.78, 5) is 8.36. The van der Waals surface area contributed by atoms with Crippen LogP contribution in [0.2, 0.25) is 0 Å². The second-order valence-electron chi connectivity index (χ2n) is 0.238. The quantitative estimate of drug-likeness (QED) is 0.296. The predicted molar refractivity (Wildman–Crippen MR) is 8.78 cm³/mol. The van der Waals surface area contributed by atoms with E-state index in [4.69, 9.17) is 15.3 Å². The van der Waals surface area contributed by atoms with E-state index < -0.39 is 5.09 Å². The van der Waals surface area contributed by atoms with Crippen molar-refractivity contribution in [3.8, 4) is 0 Å². The van der Waals surface area contributed by atoms with Crippen LogP contribution in [0.1, 0.15) is 0 Å². The van der Waals surface area contributed by atoms with Gasteiger partial charge in [0.2, 0.25) is 0 Å². The van der Waals surface area contributed by atoms with Crippen molar-refractivity contribution in [2.24, 2.45) is 0 Å². The zero-order valence-electron chi connectivity index (χ0n) is 2.16. The van der Waals surface area contributed by atoms with Crippen molar-refractivity contribution < 1.29 is 32.7 Å². The van der Waals surface area contributed by atoms with Gasteiger partial charge in [-0.15, -0.1) is 10.1 Å². The molecule has 5 heteroatoms. The summed E-state index contributed by atoms with van der Waals surface area (Å²) in [5.41, 5.74) is 0. The second-order valence-corrected chi connectivity index (χ2v) is 0.238. The molecule has 0 rings (SSSR count). The average molecular weight is 156 g/mol. The maximum atomic E-state index is 8.36. The van der Waals surface area contributed by atoms with E-state index >= 15 is 0 Å². The first kappa shape index (κ1) is 8.87. The van der Waals surface area contributed by atoms with Crippen LogP contribution in [-0.2, 0) is 22.4 Å². The Morgan fingerprint density at radius 1 is 1.80 bits per heavy atom. The molecule has 0 fully saturated rings. The van der Waals surface area contributed by atoms with Crippen molar-refractivity contribution in [1.82, 2.24) is 0 Å². The zero-order chi connectivity index (χ0) is 3.58. The van der Waals surface area contributed by atoms with Crippen molar-refractivity contribution in [2.45, 2.75) is 0 Å². The van der Waals surface area contributed by atoms with Gasteiger partial charge in [-0.2, -0.15) is 0 Å². The molecule has 0 atom stereocenters. The van der Waals surface area contributed by atoms with Crippen LogP contribution < -0.4 is 0 Å². The summed E-state index contributed by atoms with van der Waals surface area (Å²) in [5.74, 6) is 0. The molecule has 0 spiro atoms. The van der Waals surface area contributed by atoms with Gasteiger partial charge in [0.15, 0.2) is 0 Å². The first-order valence-corrected chi connectivity index (χ1v) is 0.565. The standard InChI is InChI=1S/HNO3.Nb/c2-1(3)4;/h(H,2,3,4);. The fourth-order valence-electron chi connectivity index (χ4n) is 0. The first-order chi connectivity index (χ1) is 1.73. The number of rotatable bonds is 0. The van der Waals surface area contributed by atoms with Crippen molar-refractivity contribution in [2.75, 3.05) is 0 Å². The normalized spacial score (nSPS) is 4.80. The molecule has 0 heterocycles. The van der Waals surface area contributed by atoms with E-state index in [0.29, 0.717) is 0 Å². The van der Waals surface area contributed by atoms with Gasteiger partial charge in [-0.3, -0.25) is 0 Å². The molecule has 0 aromatic rings. The Bertz CT molecular complexity index is 29.9. The molecule has 0 aliphatic heterocycles. The van der Waals surface area contributed by atoms with Gasteiger partial charge in [0.1, 0.15) is 0 Å². The minimum atomic E-state index is -1.50. The van der Waals surface area contributed by atoms with Gasteiger partial charge in [-0.25, -0.2) is 0 Å². The summed E-state index contributed by atoms with van der Waals surface area (Å²) in [6.45, 7) is 0. The topological polar surface area (TPSA) is 63.4 Å². The minimum Gasteiger partial charge on any atom is -0.328 e. The van der Waals surface area contributed by atoms with E-state index in [0.717, 1.165) is 0 Å². The Labute approximate surface area is 43.4 Å². The summed E-state index contributed by atoms with van der Waals surface area (Å²) < 4.78 is 0. The van der Waals surface area contributed by atoms with Crippen LogP contribution in [-0.4, -0.2) is 10.3 Å². The summed E-state index contributed by atoms with van der Waals surface area (Å²) in [7, 11) is 0. The molecule has 0 aromatic carbocycles. The third kappa shape index (κ3) is 4160. The van der Waals surface area contributed by atoms with Crippen LogP contribution in [0.4, 0.5) is 0 Å². The summed E-state index contributed by atoms with van der Waals surface area (Å²) in [6.07, 6.45) is 0. The van der Waals surface area contributed by atoms with Crippen LogP contribution in [0.25, 0.3) is 0 Å². The maximum Gasteiger partial charge on any atom is 0.291 e. The SMILES string of the molecule is O=[N+]([O-])O.[Nb]. The molecule has 5 heavy (non-hydrogen) atoms. The Morgan fingerprint density at radius 2 is 1.80 bits per heavy atom. The number of nitrogens with zero attached hydrogens (tertiary/aromatic N) is 1. The largest absolute Gasteiger partial charge is 0.328 e. The molecule has 4 nitrogen and oxygen atoms in total. The van der Waals surface area contributed by atoms with E-state index in [1.807, 2.05) is 0 Å². The molecule has 1 N–H and O–H groups in total. The van der Waals surface area contributed by atoms with Crippen molar-refractivity contribution in [1.29, 1.82) is 0 Å². The smallest absolute Gasteiger partial charge is 0.291 e. The van der Waals surface area contributed by atoms with Gasteiger partial charge in [-0.1, -0.05) is 0 Å². The monoisotopic (exact) mass is 156 g/mol. The van der Waals surface area contributed by atoms with Crippen LogP contribution in [0.15, 0.2) is 0 Å². The molecule has 0 unspecified atom stereocenters. The van der Waals surface area contributed by atoms with Crippen LogP contribution in [0, 0.1) is 10.1 Å². The molecule has 0 saturated heterocycles. The Kier molecular flexibility index (Phi) is 6.99. The van der Waals surface area contributed by atoms with Crippen LogP contribution >= 0.6 is 0 Å². The fourth-order valence-corrected chi connectivity index (χ4v) is 0. The molecule has 1 radical (unpaired) electrons. The van der Waals surface area contributed by atoms with Crippen molar-refractivity contribution in [3.63, 3.8) is 0 Å². The summed E-state index contributed by atoms with van der Waals surface area (Å²) in [6, 6.07) is 0. The molecule has 29 valence electrons. The van der Waals surface area contributed by atoms with Crippen molar-refractivity contribution >= 4 is 0 Å². The summed E-state index contributed by atoms with van der Waals surface area (Å²) in [5, 5.41) is 13.6. The van der Waals surface area contributed by atoms with E-state index in [9.17, 15) is 0 Å². The Morgan fingerprint density at radius 3 is 1.80 bits per heavy atom. The minimum absolute atomic E-state index is 0. The predicted octanol–water partition coefficient (Wildman–Crippen LogP) is -0.350. The molecule has 0 saturated carbocycles.